The Morgan fingerprint density at radius 2 is 1.22 bits per heavy atom. The molecule has 0 saturated heterocycles. The number of methoxy groups -OCH3 is 2. The summed E-state index contributed by atoms with van der Waals surface area (Å²) in [7, 11) is 2.50. The lowest BCUT2D eigenvalue weighted by Gasteiger charge is -2.47. The quantitative estimate of drug-likeness (QED) is 0.332. The van der Waals surface area contributed by atoms with Gasteiger partial charge in [0.25, 0.3) is 0 Å². The summed E-state index contributed by atoms with van der Waals surface area (Å²) in [5.41, 5.74) is 2.23. The SMILES string of the molecule is COC(=O)C1=C(C(=O)OC)C2(OC(=NC3CCCCC3)C1=NC1CCCCC1)C(=O)C(c1ccc(C)cc1)=C2c1ccc(C)cc1. The molecule has 1 aliphatic heterocycles. The van der Waals surface area contributed by atoms with Crippen LogP contribution in [0.5, 0.6) is 0 Å². The van der Waals surface area contributed by atoms with E-state index in [0.29, 0.717) is 22.3 Å². The lowest BCUT2D eigenvalue weighted by atomic mass is 9.61. The van der Waals surface area contributed by atoms with Crippen LogP contribution in [-0.4, -0.2) is 61.2 Å². The minimum atomic E-state index is -1.98. The first-order valence-corrected chi connectivity index (χ1v) is 16.5. The van der Waals surface area contributed by atoms with Crippen LogP contribution >= 0.6 is 0 Å². The molecule has 8 heteroatoms. The molecule has 3 aliphatic carbocycles. The van der Waals surface area contributed by atoms with Crippen LogP contribution in [0, 0.1) is 13.8 Å². The van der Waals surface area contributed by atoms with Crippen LogP contribution in [0.3, 0.4) is 0 Å². The summed E-state index contributed by atoms with van der Waals surface area (Å²) in [6.45, 7) is 3.96. The molecule has 2 aromatic carbocycles. The van der Waals surface area contributed by atoms with Crippen molar-refractivity contribution < 1.29 is 28.6 Å². The molecule has 0 bridgehead atoms. The van der Waals surface area contributed by atoms with Gasteiger partial charge in [-0.2, -0.15) is 0 Å². The smallest absolute Gasteiger partial charge is 0.340 e. The highest BCUT2D eigenvalue weighted by Gasteiger charge is 2.66. The molecule has 4 aliphatic rings. The average molecular weight is 623 g/mol. The van der Waals surface area contributed by atoms with E-state index >= 15 is 0 Å². The molecule has 2 fully saturated rings. The maximum absolute atomic E-state index is 14.8. The van der Waals surface area contributed by atoms with Crippen molar-refractivity contribution in [2.75, 3.05) is 14.2 Å². The Morgan fingerprint density at radius 1 is 0.717 bits per heavy atom. The first-order chi connectivity index (χ1) is 22.3. The highest BCUT2D eigenvalue weighted by Crippen LogP contribution is 2.56. The van der Waals surface area contributed by atoms with Gasteiger partial charge < -0.3 is 14.2 Å². The molecule has 46 heavy (non-hydrogen) atoms. The van der Waals surface area contributed by atoms with E-state index in [4.69, 9.17) is 24.2 Å². The van der Waals surface area contributed by atoms with Gasteiger partial charge in [0.05, 0.1) is 26.3 Å². The molecule has 2 aromatic rings. The van der Waals surface area contributed by atoms with Crippen LogP contribution in [0.15, 0.2) is 69.7 Å². The van der Waals surface area contributed by atoms with Gasteiger partial charge in [-0.1, -0.05) is 98.2 Å². The zero-order chi connectivity index (χ0) is 32.4. The van der Waals surface area contributed by atoms with Crippen molar-refractivity contribution in [3.05, 3.63) is 81.9 Å². The van der Waals surface area contributed by atoms with Crippen molar-refractivity contribution in [2.45, 2.75) is 95.7 Å². The molecule has 8 nitrogen and oxygen atoms in total. The minimum absolute atomic E-state index is 0.0607. The van der Waals surface area contributed by atoms with Crippen molar-refractivity contribution in [1.29, 1.82) is 0 Å². The number of hydrogen-bond donors (Lipinski definition) is 0. The van der Waals surface area contributed by atoms with E-state index in [0.717, 1.165) is 75.3 Å². The molecule has 2 saturated carbocycles. The fraction of sp³-hybridized carbons (Fsp3) is 0.447. The van der Waals surface area contributed by atoms with E-state index in [2.05, 4.69) is 0 Å². The summed E-state index contributed by atoms with van der Waals surface area (Å²) in [4.78, 5) is 52.8. The lowest BCUT2D eigenvalue weighted by molar-refractivity contribution is -0.142. The molecule has 0 amide bonds. The molecule has 1 atom stereocenters. The van der Waals surface area contributed by atoms with E-state index in [-0.39, 0.29) is 34.8 Å². The Hall–Kier alpha value is -4.33. The zero-order valence-corrected chi connectivity index (χ0v) is 27.2. The number of Topliss-reactive ketones (excluding diaryl/α,β-unsaturated/α-hetero) is 1. The zero-order valence-electron chi connectivity index (χ0n) is 27.2. The normalized spacial score (nSPS) is 24.3. The van der Waals surface area contributed by atoms with Crippen molar-refractivity contribution in [1.82, 2.24) is 0 Å². The average Bonchev–Trinajstić information content (AvgIpc) is 3.08. The van der Waals surface area contributed by atoms with Crippen LogP contribution in [-0.2, 0) is 28.6 Å². The predicted molar refractivity (Wildman–Crippen MR) is 178 cm³/mol. The van der Waals surface area contributed by atoms with E-state index in [1.807, 2.05) is 62.4 Å². The second-order valence-electron chi connectivity index (χ2n) is 12.8. The number of nitrogens with zero attached hydrogens (tertiary/aromatic N) is 2. The molecule has 0 radical (unpaired) electrons. The third kappa shape index (κ3) is 5.63. The van der Waals surface area contributed by atoms with Gasteiger partial charge in [-0.15, -0.1) is 0 Å². The standard InChI is InChI=1S/C38H42N2O6/c1-23-15-19-25(20-16-23)29-31(26-21-17-24(2)18-22-26)38(34(29)41)32(37(43)45-4)30(36(42)44-3)33(39-27-11-7-5-8-12-27)35(46-38)40-28-13-9-6-10-14-28/h15-22,27-28H,5-14H2,1-4H3. The van der Waals surface area contributed by atoms with Gasteiger partial charge in [-0.05, 0) is 50.7 Å². The molecule has 0 N–H and O–H groups in total. The third-order valence-corrected chi connectivity index (χ3v) is 9.66. The fourth-order valence-electron chi connectivity index (χ4n) is 7.19. The van der Waals surface area contributed by atoms with Gasteiger partial charge in [0.1, 0.15) is 16.9 Å². The van der Waals surface area contributed by atoms with Gasteiger partial charge in [-0.25, -0.2) is 14.6 Å². The molecule has 1 heterocycles. The van der Waals surface area contributed by atoms with Crippen molar-refractivity contribution in [3.8, 4) is 0 Å². The Labute approximate surface area is 270 Å². The number of carbonyl (C=O) groups is 3. The fourth-order valence-corrected chi connectivity index (χ4v) is 7.19. The number of ketones is 1. The predicted octanol–water partition coefficient (Wildman–Crippen LogP) is 6.71. The van der Waals surface area contributed by atoms with E-state index in [1.165, 1.54) is 14.2 Å². The number of carbonyl (C=O) groups excluding carboxylic acids is 3. The Bertz CT molecular complexity index is 1650. The van der Waals surface area contributed by atoms with Gasteiger partial charge in [0, 0.05) is 11.1 Å². The second kappa shape index (κ2) is 13.2. The maximum Gasteiger partial charge on any atom is 0.340 e. The molecular formula is C38H42N2O6. The van der Waals surface area contributed by atoms with Gasteiger partial charge in [-0.3, -0.25) is 9.79 Å². The van der Waals surface area contributed by atoms with Crippen molar-refractivity contribution in [2.24, 2.45) is 9.98 Å². The van der Waals surface area contributed by atoms with Crippen molar-refractivity contribution >= 4 is 40.5 Å². The summed E-state index contributed by atoms with van der Waals surface area (Å²) in [5, 5.41) is 0. The number of rotatable bonds is 6. The van der Waals surface area contributed by atoms with Crippen LogP contribution in [0.25, 0.3) is 11.1 Å². The molecule has 1 spiro atoms. The number of hydrogen-bond acceptors (Lipinski definition) is 8. The number of benzene rings is 2. The second-order valence-corrected chi connectivity index (χ2v) is 12.8. The minimum Gasteiger partial charge on any atom is -0.466 e. The number of ether oxygens (including phenoxy) is 3. The first kappa shape index (κ1) is 31.6. The van der Waals surface area contributed by atoms with Gasteiger partial charge in [0.15, 0.2) is 0 Å². The monoisotopic (exact) mass is 622 g/mol. The lowest BCUT2D eigenvalue weighted by Crippen LogP contribution is -2.60. The Kier molecular flexibility index (Phi) is 9.07. The van der Waals surface area contributed by atoms with Crippen LogP contribution in [0.1, 0.15) is 86.5 Å². The molecule has 6 rings (SSSR count). The number of aliphatic imine (C=N–C) groups is 2. The molecular weight excluding hydrogens is 580 g/mol. The van der Waals surface area contributed by atoms with E-state index in [9.17, 15) is 14.4 Å². The highest BCUT2D eigenvalue weighted by molar-refractivity contribution is 6.57. The highest BCUT2D eigenvalue weighted by atomic mass is 16.5. The molecule has 240 valence electrons. The van der Waals surface area contributed by atoms with Gasteiger partial charge >= 0.3 is 11.9 Å². The van der Waals surface area contributed by atoms with Crippen LogP contribution in [0.2, 0.25) is 0 Å². The summed E-state index contributed by atoms with van der Waals surface area (Å²) >= 11 is 0. The van der Waals surface area contributed by atoms with E-state index < -0.39 is 23.3 Å². The number of aryl methyl sites for hydroxylation is 2. The van der Waals surface area contributed by atoms with Crippen molar-refractivity contribution in [3.63, 3.8) is 0 Å². The first-order valence-electron chi connectivity index (χ1n) is 16.5. The summed E-state index contributed by atoms with van der Waals surface area (Å²) in [6.07, 6.45) is 9.76. The summed E-state index contributed by atoms with van der Waals surface area (Å²) in [5.74, 6) is -1.96. The largest absolute Gasteiger partial charge is 0.466 e. The number of esters is 2. The van der Waals surface area contributed by atoms with E-state index in [1.54, 1.807) is 0 Å². The molecule has 1 unspecified atom stereocenters. The molecule has 0 aromatic heterocycles. The summed E-state index contributed by atoms with van der Waals surface area (Å²) in [6, 6.07) is 15.2. The third-order valence-electron chi connectivity index (χ3n) is 9.66. The Balaban J connectivity index is 1.68. The topological polar surface area (TPSA) is 104 Å². The summed E-state index contributed by atoms with van der Waals surface area (Å²) < 4.78 is 17.5. The van der Waals surface area contributed by atoms with Gasteiger partial charge in [0.2, 0.25) is 17.3 Å². The Morgan fingerprint density at radius 3 is 1.74 bits per heavy atom. The van der Waals surface area contributed by atoms with Crippen LogP contribution < -0.4 is 0 Å². The van der Waals surface area contributed by atoms with Crippen LogP contribution in [0.4, 0.5) is 0 Å². The maximum atomic E-state index is 14.8.